The summed E-state index contributed by atoms with van der Waals surface area (Å²) in [6.07, 6.45) is 7.64. The Morgan fingerprint density at radius 3 is 3.18 bits per heavy atom. The van der Waals surface area contributed by atoms with Crippen molar-refractivity contribution >= 4 is 12.0 Å². The van der Waals surface area contributed by atoms with Crippen LogP contribution in [0.4, 0.5) is 0 Å². The lowest BCUT2D eigenvalue weighted by Gasteiger charge is -2.13. The molecule has 1 amide bonds. The zero-order valence-corrected chi connectivity index (χ0v) is 9.62. The molecule has 0 saturated carbocycles. The van der Waals surface area contributed by atoms with Crippen molar-refractivity contribution in [2.24, 2.45) is 5.92 Å². The number of carbonyl (C=O) groups is 1. The van der Waals surface area contributed by atoms with Gasteiger partial charge in [-0.3, -0.25) is 9.78 Å². The fraction of sp³-hybridized carbons (Fsp3) is 0.385. The predicted octanol–water partition coefficient (Wildman–Crippen LogP) is 0.936. The van der Waals surface area contributed by atoms with Crippen LogP contribution >= 0.6 is 0 Å². The molecule has 0 radical (unpaired) electrons. The lowest BCUT2D eigenvalue weighted by Crippen LogP contribution is -2.27. The second-order valence-electron chi connectivity index (χ2n) is 4.24. The van der Waals surface area contributed by atoms with Crippen LogP contribution in [0.5, 0.6) is 0 Å². The summed E-state index contributed by atoms with van der Waals surface area (Å²) in [6.45, 7) is 1.56. The molecule has 1 aliphatic heterocycles. The molecular weight excluding hydrogens is 216 g/mol. The number of aliphatic hydroxyl groups excluding tert-OH is 1. The Bertz CT molecular complexity index is 403. The molecule has 0 spiro atoms. The average molecular weight is 232 g/mol. The Labute approximate surface area is 101 Å². The molecule has 2 rings (SSSR count). The van der Waals surface area contributed by atoms with E-state index in [1.807, 2.05) is 12.1 Å². The van der Waals surface area contributed by atoms with E-state index in [0.717, 1.165) is 18.5 Å². The van der Waals surface area contributed by atoms with Crippen LogP contribution in [0.2, 0.25) is 0 Å². The van der Waals surface area contributed by atoms with Gasteiger partial charge in [0.05, 0.1) is 0 Å². The van der Waals surface area contributed by atoms with Crippen LogP contribution < -0.4 is 0 Å². The number of amides is 1. The third kappa shape index (κ3) is 3.14. The van der Waals surface area contributed by atoms with Crippen LogP contribution in [0.15, 0.2) is 30.6 Å². The quantitative estimate of drug-likeness (QED) is 0.789. The van der Waals surface area contributed by atoms with Crippen molar-refractivity contribution in [3.8, 4) is 0 Å². The van der Waals surface area contributed by atoms with Crippen molar-refractivity contribution in [3.63, 3.8) is 0 Å². The summed E-state index contributed by atoms with van der Waals surface area (Å²) in [6, 6.07) is 3.74. The summed E-state index contributed by atoms with van der Waals surface area (Å²) in [7, 11) is 0. The molecule has 1 aromatic rings. The first-order valence-electron chi connectivity index (χ1n) is 5.77. The van der Waals surface area contributed by atoms with E-state index in [9.17, 15) is 4.79 Å². The fourth-order valence-electron chi connectivity index (χ4n) is 1.93. The highest BCUT2D eigenvalue weighted by Crippen LogP contribution is 2.15. The van der Waals surface area contributed by atoms with Gasteiger partial charge in [-0.05, 0) is 24.1 Å². The largest absolute Gasteiger partial charge is 0.396 e. The lowest BCUT2D eigenvalue weighted by atomic mass is 10.1. The van der Waals surface area contributed by atoms with E-state index >= 15 is 0 Å². The van der Waals surface area contributed by atoms with Crippen LogP contribution in [-0.2, 0) is 4.79 Å². The third-order valence-corrected chi connectivity index (χ3v) is 2.96. The maximum Gasteiger partial charge on any atom is 0.246 e. The second kappa shape index (κ2) is 5.59. The van der Waals surface area contributed by atoms with Gasteiger partial charge in [0.2, 0.25) is 5.91 Å². The molecule has 2 heterocycles. The molecule has 4 nitrogen and oxygen atoms in total. The highest BCUT2D eigenvalue weighted by atomic mass is 16.3. The zero-order valence-electron chi connectivity index (χ0n) is 9.62. The van der Waals surface area contributed by atoms with Crippen molar-refractivity contribution in [1.29, 1.82) is 0 Å². The van der Waals surface area contributed by atoms with Crippen molar-refractivity contribution in [2.75, 3.05) is 19.7 Å². The first kappa shape index (κ1) is 11.8. The van der Waals surface area contributed by atoms with Gasteiger partial charge in [0.15, 0.2) is 0 Å². The van der Waals surface area contributed by atoms with Gasteiger partial charge >= 0.3 is 0 Å². The minimum absolute atomic E-state index is 0.00445. The van der Waals surface area contributed by atoms with Crippen LogP contribution in [0.3, 0.4) is 0 Å². The van der Waals surface area contributed by atoms with E-state index in [1.165, 1.54) is 0 Å². The minimum atomic E-state index is 0.00445. The number of likely N-dealkylation sites (tertiary alicyclic amines) is 1. The highest BCUT2D eigenvalue weighted by molar-refractivity contribution is 5.91. The second-order valence-corrected chi connectivity index (χ2v) is 4.24. The Balaban J connectivity index is 1.92. The van der Waals surface area contributed by atoms with Crippen molar-refractivity contribution in [2.45, 2.75) is 6.42 Å². The Morgan fingerprint density at radius 2 is 2.53 bits per heavy atom. The molecule has 1 N–H and O–H groups in total. The maximum absolute atomic E-state index is 11.8. The predicted molar refractivity (Wildman–Crippen MR) is 65.0 cm³/mol. The van der Waals surface area contributed by atoms with E-state index < -0.39 is 0 Å². The fourth-order valence-corrected chi connectivity index (χ4v) is 1.93. The molecular formula is C13H16N2O2. The maximum atomic E-state index is 11.8. The number of aromatic nitrogens is 1. The number of hydrogen-bond donors (Lipinski definition) is 1. The molecule has 0 aromatic carbocycles. The van der Waals surface area contributed by atoms with Gasteiger partial charge in [-0.1, -0.05) is 6.07 Å². The number of nitrogens with zero attached hydrogens (tertiary/aromatic N) is 2. The molecule has 0 bridgehead atoms. The van der Waals surface area contributed by atoms with E-state index in [2.05, 4.69) is 4.98 Å². The topological polar surface area (TPSA) is 53.4 Å². The van der Waals surface area contributed by atoms with Crippen LogP contribution in [0.25, 0.3) is 6.08 Å². The number of aliphatic hydroxyl groups is 1. The van der Waals surface area contributed by atoms with E-state index in [4.69, 9.17) is 5.11 Å². The number of rotatable bonds is 3. The molecule has 1 aromatic heterocycles. The molecule has 0 aliphatic carbocycles. The third-order valence-electron chi connectivity index (χ3n) is 2.96. The Kier molecular flexibility index (Phi) is 3.88. The Morgan fingerprint density at radius 1 is 1.65 bits per heavy atom. The van der Waals surface area contributed by atoms with Crippen molar-refractivity contribution < 1.29 is 9.90 Å². The smallest absolute Gasteiger partial charge is 0.246 e. The summed E-state index contributed by atoms with van der Waals surface area (Å²) in [5.74, 6) is 0.246. The van der Waals surface area contributed by atoms with Gasteiger partial charge in [0.1, 0.15) is 0 Å². The van der Waals surface area contributed by atoms with Crippen LogP contribution in [0, 0.1) is 5.92 Å². The van der Waals surface area contributed by atoms with E-state index in [-0.39, 0.29) is 18.4 Å². The summed E-state index contributed by atoms with van der Waals surface area (Å²) < 4.78 is 0. The Hall–Kier alpha value is -1.68. The van der Waals surface area contributed by atoms with Gasteiger partial charge in [0.25, 0.3) is 0 Å². The van der Waals surface area contributed by atoms with Crippen molar-refractivity contribution in [3.05, 3.63) is 36.2 Å². The first-order valence-corrected chi connectivity index (χ1v) is 5.77. The SMILES string of the molecule is O=C(C=Cc1cccnc1)N1CCC(CO)C1. The van der Waals surface area contributed by atoms with Gasteiger partial charge in [0, 0.05) is 44.1 Å². The molecule has 90 valence electrons. The number of carbonyl (C=O) groups excluding carboxylic acids is 1. The monoisotopic (exact) mass is 232 g/mol. The minimum Gasteiger partial charge on any atom is -0.396 e. The summed E-state index contributed by atoms with van der Waals surface area (Å²) in [4.78, 5) is 17.6. The number of pyridine rings is 1. The molecule has 1 atom stereocenters. The lowest BCUT2D eigenvalue weighted by molar-refractivity contribution is -0.125. The molecule has 1 fully saturated rings. The summed E-state index contributed by atoms with van der Waals surface area (Å²) in [5, 5.41) is 9.01. The average Bonchev–Trinajstić information content (AvgIpc) is 2.86. The number of hydrogen-bond acceptors (Lipinski definition) is 3. The molecule has 1 saturated heterocycles. The molecule has 17 heavy (non-hydrogen) atoms. The summed E-state index contributed by atoms with van der Waals surface area (Å²) >= 11 is 0. The summed E-state index contributed by atoms with van der Waals surface area (Å²) in [5.41, 5.74) is 0.916. The molecule has 1 aliphatic rings. The zero-order chi connectivity index (χ0) is 12.1. The van der Waals surface area contributed by atoms with E-state index in [0.29, 0.717) is 6.54 Å². The molecule has 1 unspecified atom stereocenters. The normalized spacial score (nSPS) is 20.1. The van der Waals surface area contributed by atoms with Gasteiger partial charge in [-0.25, -0.2) is 0 Å². The van der Waals surface area contributed by atoms with Gasteiger partial charge in [-0.15, -0.1) is 0 Å². The standard InChI is InChI=1S/C13H16N2O2/c16-10-12-5-7-15(9-12)13(17)4-3-11-2-1-6-14-8-11/h1-4,6,8,12,16H,5,7,9-10H2. The van der Waals surface area contributed by atoms with Gasteiger partial charge < -0.3 is 10.0 Å². The molecule has 4 heteroatoms. The highest BCUT2D eigenvalue weighted by Gasteiger charge is 2.23. The van der Waals surface area contributed by atoms with Crippen molar-refractivity contribution in [1.82, 2.24) is 9.88 Å². The van der Waals surface area contributed by atoms with Crippen LogP contribution in [0.1, 0.15) is 12.0 Å². The van der Waals surface area contributed by atoms with Gasteiger partial charge in [-0.2, -0.15) is 0 Å². The van der Waals surface area contributed by atoms with Crippen LogP contribution in [-0.4, -0.2) is 40.6 Å². The first-order chi connectivity index (χ1) is 8.29. The van der Waals surface area contributed by atoms with E-state index in [1.54, 1.807) is 29.4 Å².